The highest BCUT2D eigenvalue weighted by Crippen LogP contribution is 2.29. The van der Waals surface area contributed by atoms with Crippen LogP contribution in [-0.2, 0) is 19.1 Å². The number of nitrogens with one attached hydrogen (secondary N) is 1. The van der Waals surface area contributed by atoms with Crippen molar-refractivity contribution in [1.29, 1.82) is 5.26 Å². The molecule has 0 saturated carbocycles. The van der Waals surface area contributed by atoms with Gasteiger partial charge < -0.3 is 15.0 Å². The number of likely N-dealkylation sites (tertiary alicyclic amines) is 1. The number of amides is 2. The summed E-state index contributed by atoms with van der Waals surface area (Å²) in [5.41, 5.74) is 1.35. The number of ether oxygens (including phenoxy) is 1. The number of carbonyl (C=O) groups is 3. The fraction of sp³-hybridized carbons (Fsp3) is 0.300. The van der Waals surface area contributed by atoms with Crippen molar-refractivity contribution in [2.75, 3.05) is 18.5 Å². The van der Waals surface area contributed by atoms with Crippen LogP contribution in [0.4, 0.5) is 5.00 Å². The second-order valence-corrected chi connectivity index (χ2v) is 7.38. The predicted molar refractivity (Wildman–Crippen MR) is 103 cm³/mol. The molecule has 2 heterocycles. The lowest BCUT2D eigenvalue weighted by atomic mass is 10.1. The second kappa shape index (κ2) is 8.67. The van der Waals surface area contributed by atoms with E-state index < -0.39 is 24.4 Å². The van der Waals surface area contributed by atoms with E-state index in [9.17, 15) is 14.4 Å². The van der Waals surface area contributed by atoms with Crippen LogP contribution >= 0.6 is 11.3 Å². The third kappa shape index (κ3) is 4.38. The van der Waals surface area contributed by atoms with Crippen LogP contribution in [0, 0.1) is 17.2 Å². The zero-order valence-corrected chi connectivity index (χ0v) is 16.1. The monoisotopic (exact) mass is 397 g/mol. The van der Waals surface area contributed by atoms with Crippen molar-refractivity contribution in [2.45, 2.75) is 19.4 Å². The van der Waals surface area contributed by atoms with E-state index in [1.807, 2.05) is 43.3 Å². The van der Waals surface area contributed by atoms with Crippen molar-refractivity contribution in [2.24, 2.45) is 5.92 Å². The van der Waals surface area contributed by atoms with Crippen molar-refractivity contribution in [3.63, 3.8) is 0 Å². The molecule has 0 radical (unpaired) electrons. The van der Waals surface area contributed by atoms with E-state index in [1.165, 1.54) is 11.3 Å². The van der Waals surface area contributed by atoms with Crippen LogP contribution in [0.25, 0.3) is 0 Å². The Morgan fingerprint density at radius 3 is 2.82 bits per heavy atom. The van der Waals surface area contributed by atoms with Gasteiger partial charge in [-0.05, 0) is 23.9 Å². The molecule has 0 aliphatic carbocycles. The Balaban J connectivity index is 1.52. The summed E-state index contributed by atoms with van der Waals surface area (Å²) in [4.78, 5) is 38.2. The number of hydrogen-bond donors (Lipinski definition) is 1. The number of hydrogen-bond acceptors (Lipinski definition) is 6. The number of thiophene rings is 1. The molecule has 1 aromatic carbocycles. The SMILES string of the molecule is C[C@H](c1ccccc1)N1C[C@@H](C(=O)OCC(=O)Nc2sccc2C#N)CC1=O. The summed E-state index contributed by atoms with van der Waals surface area (Å²) in [7, 11) is 0. The molecular formula is C20H19N3O4S. The molecule has 1 N–H and O–H groups in total. The molecule has 3 rings (SSSR count). The van der Waals surface area contributed by atoms with Crippen LogP contribution in [0.15, 0.2) is 41.8 Å². The summed E-state index contributed by atoms with van der Waals surface area (Å²) in [5.74, 6) is -1.80. The fourth-order valence-electron chi connectivity index (χ4n) is 3.09. The van der Waals surface area contributed by atoms with E-state index >= 15 is 0 Å². The van der Waals surface area contributed by atoms with E-state index in [1.54, 1.807) is 16.3 Å². The van der Waals surface area contributed by atoms with Crippen molar-refractivity contribution >= 4 is 34.1 Å². The van der Waals surface area contributed by atoms with Gasteiger partial charge in [0.25, 0.3) is 5.91 Å². The Hall–Kier alpha value is -3.18. The lowest BCUT2D eigenvalue weighted by Gasteiger charge is -2.25. The molecule has 7 nitrogen and oxygen atoms in total. The molecule has 2 amide bonds. The number of anilines is 1. The molecule has 1 aliphatic rings. The summed E-state index contributed by atoms with van der Waals surface area (Å²) in [6.45, 7) is 1.72. The van der Waals surface area contributed by atoms with Crippen LogP contribution in [0.5, 0.6) is 0 Å². The largest absolute Gasteiger partial charge is 0.455 e. The van der Waals surface area contributed by atoms with Crippen LogP contribution in [0.1, 0.15) is 30.5 Å². The minimum atomic E-state index is -0.595. The molecule has 1 aromatic heterocycles. The van der Waals surface area contributed by atoms with Crippen LogP contribution in [0.3, 0.4) is 0 Å². The Morgan fingerprint density at radius 1 is 1.36 bits per heavy atom. The summed E-state index contributed by atoms with van der Waals surface area (Å²) in [6.07, 6.45) is 0.0706. The van der Waals surface area contributed by atoms with Gasteiger partial charge in [-0.15, -0.1) is 11.3 Å². The molecule has 1 fully saturated rings. The number of nitrogens with zero attached hydrogens (tertiary/aromatic N) is 2. The molecule has 2 aromatic rings. The molecule has 0 spiro atoms. The highest BCUT2D eigenvalue weighted by Gasteiger charge is 2.38. The molecule has 0 bridgehead atoms. The van der Waals surface area contributed by atoms with Gasteiger partial charge in [0.2, 0.25) is 5.91 Å². The maximum atomic E-state index is 12.3. The first-order chi connectivity index (χ1) is 13.5. The smallest absolute Gasteiger partial charge is 0.311 e. The molecule has 144 valence electrons. The first-order valence-corrected chi connectivity index (χ1v) is 9.66. The highest BCUT2D eigenvalue weighted by atomic mass is 32.1. The molecule has 0 unspecified atom stereocenters. The third-order valence-corrected chi connectivity index (χ3v) is 5.46. The number of nitriles is 1. The number of benzene rings is 1. The summed E-state index contributed by atoms with van der Waals surface area (Å²) >= 11 is 1.22. The molecule has 8 heteroatoms. The van der Waals surface area contributed by atoms with E-state index in [0.717, 1.165) is 5.56 Å². The second-order valence-electron chi connectivity index (χ2n) is 6.46. The van der Waals surface area contributed by atoms with Crippen LogP contribution in [0.2, 0.25) is 0 Å². The van der Waals surface area contributed by atoms with Gasteiger partial charge in [-0.1, -0.05) is 30.3 Å². The van der Waals surface area contributed by atoms with Crippen LogP contribution in [-0.4, -0.2) is 35.8 Å². The van der Waals surface area contributed by atoms with Gasteiger partial charge in [0.05, 0.1) is 17.5 Å². The number of rotatable bonds is 6. The van der Waals surface area contributed by atoms with Gasteiger partial charge in [-0.25, -0.2) is 0 Å². The predicted octanol–water partition coefficient (Wildman–Crippen LogP) is 2.71. The highest BCUT2D eigenvalue weighted by molar-refractivity contribution is 7.14. The van der Waals surface area contributed by atoms with Crippen molar-refractivity contribution < 1.29 is 19.1 Å². The lowest BCUT2D eigenvalue weighted by molar-refractivity contribution is -0.151. The Bertz CT molecular complexity index is 919. The van der Waals surface area contributed by atoms with Crippen LogP contribution < -0.4 is 5.32 Å². The quantitative estimate of drug-likeness (QED) is 0.756. The molecule has 28 heavy (non-hydrogen) atoms. The molecule has 1 saturated heterocycles. The molecule has 2 atom stereocenters. The maximum Gasteiger partial charge on any atom is 0.311 e. The number of esters is 1. The fourth-order valence-corrected chi connectivity index (χ4v) is 3.84. The van der Waals surface area contributed by atoms with Gasteiger partial charge >= 0.3 is 5.97 Å². The summed E-state index contributed by atoms with van der Waals surface area (Å²) in [5, 5.41) is 13.6. The Labute approximate surface area is 166 Å². The van der Waals surface area contributed by atoms with Crippen molar-refractivity contribution in [3.8, 4) is 6.07 Å². The van der Waals surface area contributed by atoms with E-state index in [-0.39, 0.29) is 24.9 Å². The molecular weight excluding hydrogens is 378 g/mol. The van der Waals surface area contributed by atoms with E-state index in [2.05, 4.69) is 5.32 Å². The normalized spacial score (nSPS) is 17.1. The summed E-state index contributed by atoms with van der Waals surface area (Å²) in [6, 6.07) is 13.0. The van der Waals surface area contributed by atoms with Gasteiger partial charge in [-0.2, -0.15) is 5.26 Å². The minimum Gasteiger partial charge on any atom is -0.455 e. The maximum absolute atomic E-state index is 12.3. The molecule has 1 aliphatic heterocycles. The zero-order chi connectivity index (χ0) is 20.1. The summed E-state index contributed by atoms with van der Waals surface area (Å²) < 4.78 is 5.08. The lowest BCUT2D eigenvalue weighted by Crippen LogP contribution is -2.30. The zero-order valence-electron chi connectivity index (χ0n) is 15.3. The van der Waals surface area contributed by atoms with Gasteiger partial charge in [0.15, 0.2) is 6.61 Å². The van der Waals surface area contributed by atoms with E-state index in [4.69, 9.17) is 10.00 Å². The average Bonchev–Trinajstić information content (AvgIpc) is 3.32. The van der Waals surface area contributed by atoms with Gasteiger partial charge in [0, 0.05) is 13.0 Å². The number of carbonyl (C=O) groups excluding carboxylic acids is 3. The average molecular weight is 397 g/mol. The van der Waals surface area contributed by atoms with Gasteiger partial charge in [0.1, 0.15) is 11.1 Å². The first-order valence-electron chi connectivity index (χ1n) is 8.78. The topological polar surface area (TPSA) is 99.5 Å². The van der Waals surface area contributed by atoms with E-state index in [0.29, 0.717) is 10.6 Å². The van der Waals surface area contributed by atoms with Crippen molar-refractivity contribution in [3.05, 3.63) is 52.9 Å². The third-order valence-electron chi connectivity index (χ3n) is 4.63. The Kier molecular flexibility index (Phi) is 6.06. The van der Waals surface area contributed by atoms with Gasteiger partial charge in [-0.3, -0.25) is 14.4 Å². The standard InChI is InChI=1S/C20H19N3O4S/c1-13(14-5-3-2-4-6-14)23-11-16(9-18(23)25)20(26)27-12-17(24)22-19-15(10-21)7-8-28-19/h2-8,13,16H,9,11-12H2,1H3,(H,22,24)/t13-,16+/m1/s1. The first kappa shape index (κ1) is 19.6. The van der Waals surface area contributed by atoms with Crippen molar-refractivity contribution in [1.82, 2.24) is 4.90 Å². The minimum absolute atomic E-state index is 0.0706. The Morgan fingerprint density at radius 2 is 2.11 bits per heavy atom.